The van der Waals surface area contributed by atoms with Crippen LogP contribution in [0.15, 0.2) is 11.1 Å². The molecule has 1 aliphatic rings. The molecule has 76 valence electrons. The van der Waals surface area contributed by atoms with Crippen molar-refractivity contribution in [2.75, 3.05) is 26.2 Å². The summed E-state index contributed by atoms with van der Waals surface area (Å²) in [5.41, 5.74) is 8.54. The number of hydrogen-bond donors (Lipinski definition) is 1. The summed E-state index contributed by atoms with van der Waals surface area (Å²) in [6.45, 7) is 6.27. The molecule has 13 heavy (non-hydrogen) atoms. The highest BCUT2D eigenvalue weighted by atomic mass is 35.5. The Balaban J connectivity index is 2.25. The van der Waals surface area contributed by atoms with Gasteiger partial charge in [-0.25, -0.2) is 0 Å². The lowest BCUT2D eigenvalue weighted by Crippen LogP contribution is -2.36. The summed E-state index contributed by atoms with van der Waals surface area (Å²) in [4.78, 5) is 2.44. The van der Waals surface area contributed by atoms with Crippen molar-refractivity contribution in [3.8, 4) is 0 Å². The average Bonchev–Trinajstić information content (AvgIpc) is 2.19. The lowest BCUT2D eigenvalue weighted by Gasteiger charge is -2.31. The van der Waals surface area contributed by atoms with Gasteiger partial charge in [-0.05, 0) is 50.9 Å². The van der Waals surface area contributed by atoms with Crippen molar-refractivity contribution in [1.29, 1.82) is 0 Å². The fourth-order valence-corrected chi connectivity index (χ4v) is 1.84. The zero-order valence-electron chi connectivity index (χ0n) is 8.30. The molecule has 0 spiro atoms. The predicted octanol–water partition coefficient (Wildman–Crippen LogP) is 1.80. The maximum absolute atomic E-state index is 5.63. The van der Waals surface area contributed by atoms with Crippen molar-refractivity contribution in [2.45, 2.75) is 19.8 Å². The summed E-state index contributed by atoms with van der Waals surface area (Å²) in [6.07, 6.45) is 2.48. The van der Waals surface area contributed by atoms with Gasteiger partial charge in [0.05, 0.1) is 0 Å². The number of rotatable bonds is 3. The topological polar surface area (TPSA) is 29.3 Å². The maximum Gasteiger partial charge on any atom is 0.0201 e. The molecule has 3 heteroatoms. The minimum absolute atomic E-state index is 0.747. The minimum Gasteiger partial charge on any atom is -0.330 e. The van der Waals surface area contributed by atoms with Gasteiger partial charge in [-0.15, -0.1) is 0 Å². The summed E-state index contributed by atoms with van der Waals surface area (Å²) >= 11 is 5.62. The van der Waals surface area contributed by atoms with Gasteiger partial charge in [0.15, 0.2) is 0 Å². The highest BCUT2D eigenvalue weighted by Gasteiger charge is 2.17. The monoisotopic (exact) mass is 202 g/mol. The minimum atomic E-state index is 0.747. The number of likely N-dealkylation sites (tertiary alicyclic amines) is 1. The molecular weight excluding hydrogens is 184 g/mol. The third kappa shape index (κ3) is 3.67. The Kier molecular flexibility index (Phi) is 4.78. The van der Waals surface area contributed by atoms with E-state index >= 15 is 0 Å². The van der Waals surface area contributed by atoms with Crippen molar-refractivity contribution in [3.05, 3.63) is 11.1 Å². The van der Waals surface area contributed by atoms with E-state index in [2.05, 4.69) is 11.8 Å². The molecule has 0 aromatic rings. The third-order valence-corrected chi connectivity index (χ3v) is 3.07. The molecule has 0 aromatic carbocycles. The molecule has 1 fully saturated rings. The molecule has 0 unspecified atom stereocenters. The van der Waals surface area contributed by atoms with Crippen molar-refractivity contribution < 1.29 is 0 Å². The SMILES string of the molecule is CC(=CCl)CN1CCC(CN)CC1. The van der Waals surface area contributed by atoms with Gasteiger partial charge in [-0.2, -0.15) is 0 Å². The van der Waals surface area contributed by atoms with E-state index in [1.807, 2.05) is 0 Å². The molecule has 0 aromatic heterocycles. The second-order valence-corrected chi connectivity index (χ2v) is 4.13. The van der Waals surface area contributed by atoms with Crippen LogP contribution in [0.3, 0.4) is 0 Å². The van der Waals surface area contributed by atoms with E-state index in [4.69, 9.17) is 17.3 Å². The lowest BCUT2D eigenvalue weighted by atomic mass is 9.97. The standard InChI is InChI=1S/C10H19ClN2/c1-9(6-11)8-13-4-2-10(7-12)3-5-13/h6,10H,2-5,7-8,12H2,1H3. The molecule has 0 aliphatic carbocycles. The van der Waals surface area contributed by atoms with Gasteiger partial charge in [0.1, 0.15) is 0 Å². The molecule has 0 atom stereocenters. The van der Waals surface area contributed by atoms with Gasteiger partial charge >= 0.3 is 0 Å². The van der Waals surface area contributed by atoms with Crippen LogP contribution in [-0.2, 0) is 0 Å². The van der Waals surface area contributed by atoms with E-state index < -0.39 is 0 Å². The Morgan fingerprint density at radius 1 is 1.54 bits per heavy atom. The van der Waals surface area contributed by atoms with E-state index in [-0.39, 0.29) is 0 Å². The van der Waals surface area contributed by atoms with Gasteiger partial charge in [0.25, 0.3) is 0 Å². The van der Waals surface area contributed by atoms with Crippen molar-refractivity contribution >= 4 is 11.6 Å². The Morgan fingerprint density at radius 2 is 2.15 bits per heavy atom. The molecule has 2 nitrogen and oxygen atoms in total. The van der Waals surface area contributed by atoms with Crippen LogP contribution < -0.4 is 5.73 Å². The molecule has 0 bridgehead atoms. The second-order valence-electron chi connectivity index (χ2n) is 3.91. The van der Waals surface area contributed by atoms with Gasteiger partial charge < -0.3 is 5.73 Å². The summed E-state index contributed by atoms with van der Waals surface area (Å²) in [7, 11) is 0. The number of nitrogens with two attached hydrogens (primary N) is 1. The van der Waals surface area contributed by atoms with Crippen molar-refractivity contribution in [3.63, 3.8) is 0 Å². The Bertz CT molecular complexity index is 172. The molecule has 0 saturated carbocycles. The van der Waals surface area contributed by atoms with Crippen LogP contribution in [0.1, 0.15) is 19.8 Å². The van der Waals surface area contributed by atoms with Crippen LogP contribution in [0.5, 0.6) is 0 Å². The van der Waals surface area contributed by atoms with Crippen LogP contribution >= 0.6 is 11.6 Å². The molecular formula is C10H19ClN2. The smallest absolute Gasteiger partial charge is 0.0201 e. The highest BCUT2D eigenvalue weighted by molar-refractivity contribution is 6.25. The quantitative estimate of drug-likeness (QED) is 0.757. The summed E-state index contributed by atoms with van der Waals surface area (Å²) in [6, 6.07) is 0. The zero-order valence-corrected chi connectivity index (χ0v) is 9.06. The first-order chi connectivity index (χ1) is 6.26. The Hall–Kier alpha value is -0.0500. The van der Waals surface area contributed by atoms with Crippen molar-refractivity contribution in [1.82, 2.24) is 4.90 Å². The second kappa shape index (κ2) is 5.63. The Morgan fingerprint density at radius 3 is 2.62 bits per heavy atom. The average molecular weight is 203 g/mol. The van der Waals surface area contributed by atoms with E-state index in [9.17, 15) is 0 Å². The highest BCUT2D eigenvalue weighted by Crippen LogP contribution is 2.16. The molecule has 0 radical (unpaired) electrons. The number of piperidine rings is 1. The fraction of sp³-hybridized carbons (Fsp3) is 0.800. The van der Waals surface area contributed by atoms with Crippen LogP contribution in [0, 0.1) is 5.92 Å². The van der Waals surface area contributed by atoms with E-state index in [0.29, 0.717) is 0 Å². The Labute approximate surface area is 85.7 Å². The van der Waals surface area contributed by atoms with Gasteiger partial charge in [0.2, 0.25) is 0 Å². The lowest BCUT2D eigenvalue weighted by molar-refractivity contribution is 0.201. The van der Waals surface area contributed by atoms with Gasteiger partial charge in [-0.3, -0.25) is 4.90 Å². The zero-order chi connectivity index (χ0) is 9.68. The normalized spacial score (nSPS) is 22.2. The first-order valence-electron chi connectivity index (χ1n) is 4.94. The van der Waals surface area contributed by atoms with Gasteiger partial charge in [-0.1, -0.05) is 11.6 Å². The molecule has 1 rings (SSSR count). The van der Waals surface area contributed by atoms with E-state index in [0.717, 1.165) is 19.0 Å². The first kappa shape index (κ1) is 11.0. The molecule has 0 amide bonds. The van der Waals surface area contributed by atoms with E-state index in [1.54, 1.807) is 5.54 Å². The first-order valence-corrected chi connectivity index (χ1v) is 5.38. The van der Waals surface area contributed by atoms with Gasteiger partial charge in [0, 0.05) is 12.1 Å². The van der Waals surface area contributed by atoms with Crippen LogP contribution in [0.4, 0.5) is 0 Å². The molecule has 1 aliphatic heterocycles. The third-order valence-electron chi connectivity index (χ3n) is 2.70. The molecule has 1 heterocycles. The number of hydrogen-bond acceptors (Lipinski definition) is 2. The number of halogens is 1. The summed E-state index contributed by atoms with van der Waals surface area (Å²) < 4.78 is 0. The van der Waals surface area contributed by atoms with Crippen LogP contribution in [0.2, 0.25) is 0 Å². The van der Waals surface area contributed by atoms with Crippen LogP contribution in [-0.4, -0.2) is 31.1 Å². The van der Waals surface area contributed by atoms with Crippen LogP contribution in [0.25, 0.3) is 0 Å². The molecule has 1 saturated heterocycles. The number of nitrogens with zero attached hydrogens (tertiary/aromatic N) is 1. The maximum atomic E-state index is 5.63. The fourth-order valence-electron chi connectivity index (χ4n) is 1.77. The summed E-state index contributed by atoms with van der Waals surface area (Å²) in [5, 5.41) is 0. The summed E-state index contributed by atoms with van der Waals surface area (Å²) in [5.74, 6) is 0.747. The predicted molar refractivity (Wildman–Crippen MR) is 57.8 cm³/mol. The molecule has 2 N–H and O–H groups in total. The largest absolute Gasteiger partial charge is 0.330 e. The van der Waals surface area contributed by atoms with E-state index in [1.165, 1.54) is 31.5 Å². The van der Waals surface area contributed by atoms with Crippen molar-refractivity contribution in [2.24, 2.45) is 11.7 Å².